The van der Waals surface area contributed by atoms with Gasteiger partial charge in [0.25, 0.3) is 0 Å². The SMILES string of the molecule is CCCCN1C(=O)[C@@H]([C@@H](O)C(C)C)NC(=O)C12CCN(Cc1ccc3c(c1)OCCO3)CC2.Cl. The molecule has 2 N–H and O–H groups in total. The topological polar surface area (TPSA) is 91.3 Å². The Kier molecular flexibility index (Phi) is 8.71. The van der Waals surface area contributed by atoms with Crippen molar-refractivity contribution < 1.29 is 24.2 Å². The van der Waals surface area contributed by atoms with Crippen LogP contribution >= 0.6 is 12.4 Å². The van der Waals surface area contributed by atoms with Gasteiger partial charge in [-0.1, -0.05) is 33.3 Å². The molecule has 2 fully saturated rings. The molecule has 3 aliphatic rings. The molecular weight excluding hydrogens is 458 g/mol. The minimum absolute atomic E-state index is 0. The summed E-state index contributed by atoms with van der Waals surface area (Å²) in [6, 6.07) is 5.17. The highest BCUT2D eigenvalue weighted by molar-refractivity contribution is 6.00. The smallest absolute Gasteiger partial charge is 0.248 e. The standard InChI is InChI=1S/C25H37N3O5.ClH/c1-4-5-10-28-23(30)21(22(29)17(2)3)26-24(31)25(28)8-11-27(12-9-25)16-18-6-7-19-20(15-18)33-14-13-32-19;/h6-7,15,17,21-22,29H,4-5,8-14,16H2,1-3H3,(H,26,31);1H/t21-,22+;/m1./s1. The fraction of sp³-hybridized carbons (Fsp3) is 0.680. The largest absolute Gasteiger partial charge is 0.486 e. The van der Waals surface area contributed by atoms with Gasteiger partial charge in [-0.25, -0.2) is 0 Å². The van der Waals surface area contributed by atoms with Gasteiger partial charge in [-0.2, -0.15) is 0 Å². The maximum Gasteiger partial charge on any atom is 0.248 e. The molecule has 0 aliphatic carbocycles. The predicted octanol–water partition coefficient (Wildman–Crippen LogP) is 2.36. The fourth-order valence-corrected chi connectivity index (χ4v) is 5.12. The van der Waals surface area contributed by atoms with Crippen molar-refractivity contribution in [3.05, 3.63) is 23.8 Å². The van der Waals surface area contributed by atoms with Crippen molar-refractivity contribution in [2.24, 2.45) is 5.92 Å². The molecular formula is C25H38ClN3O5. The molecule has 0 aromatic heterocycles. The van der Waals surface area contributed by atoms with Crippen molar-refractivity contribution in [2.75, 3.05) is 32.8 Å². The molecule has 8 nitrogen and oxygen atoms in total. The second-order valence-corrected chi connectivity index (χ2v) is 9.81. The Morgan fingerprint density at radius 2 is 1.82 bits per heavy atom. The van der Waals surface area contributed by atoms with Crippen LogP contribution in [0.5, 0.6) is 11.5 Å². The summed E-state index contributed by atoms with van der Waals surface area (Å²) in [7, 11) is 0. The Bertz CT molecular complexity index is 872. The van der Waals surface area contributed by atoms with Gasteiger partial charge in [-0.3, -0.25) is 14.5 Å². The van der Waals surface area contributed by atoms with E-state index >= 15 is 0 Å². The Labute approximate surface area is 208 Å². The van der Waals surface area contributed by atoms with Gasteiger partial charge in [0, 0.05) is 26.2 Å². The highest BCUT2D eigenvalue weighted by Gasteiger charge is 2.54. The molecule has 4 rings (SSSR count). The molecule has 3 heterocycles. The number of hydrogen-bond donors (Lipinski definition) is 2. The molecule has 9 heteroatoms. The van der Waals surface area contributed by atoms with Crippen LogP contribution in [0.25, 0.3) is 0 Å². The quantitative estimate of drug-likeness (QED) is 0.603. The van der Waals surface area contributed by atoms with Gasteiger partial charge < -0.3 is 24.8 Å². The van der Waals surface area contributed by atoms with E-state index in [0.29, 0.717) is 32.6 Å². The number of nitrogens with one attached hydrogen (secondary N) is 1. The molecule has 0 saturated carbocycles. The zero-order valence-corrected chi connectivity index (χ0v) is 21.2. The third kappa shape index (κ3) is 5.14. The maximum absolute atomic E-state index is 13.4. The van der Waals surface area contributed by atoms with Crippen LogP contribution in [0.3, 0.4) is 0 Å². The van der Waals surface area contributed by atoms with Crippen LogP contribution in [0, 0.1) is 5.92 Å². The molecule has 2 atom stereocenters. The summed E-state index contributed by atoms with van der Waals surface area (Å²) in [4.78, 5) is 30.9. The number of piperazine rings is 1. The van der Waals surface area contributed by atoms with E-state index in [2.05, 4.69) is 23.2 Å². The van der Waals surface area contributed by atoms with Crippen LogP contribution in [0.2, 0.25) is 0 Å². The molecule has 190 valence electrons. The summed E-state index contributed by atoms with van der Waals surface area (Å²) >= 11 is 0. The monoisotopic (exact) mass is 495 g/mol. The molecule has 0 bridgehead atoms. The first-order valence-electron chi connectivity index (χ1n) is 12.3. The van der Waals surface area contributed by atoms with E-state index < -0.39 is 17.7 Å². The number of benzene rings is 1. The molecule has 34 heavy (non-hydrogen) atoms. The first-order chi connectivity index (χ1) is 15.9. The van der Waals surface area contributed by atoms with Gasteiger partial charge in [-0.15, -0.1) is 12.4 Å². The Balaban J connectivity index is 0.00000324. The molecule has 1 spiro atoms. The predicted molar refractivity (Wildman–Crippen MR) is 131 cm³/mol. The lowest BCUT2D eigenvalue weighted by Crippen LogP contribution is -2.74. The van der Waals surface area contributed by atoms with E-state index in [9.17, 15) is 14.7 Å². The van der Waals surface area contributed by atoms with Gasteiger partial charge in [0.05, 0.1) is 6.10 Å². The summed E-state index contributed by atoms with van der Waals surface area (Å²) in [6.45, 7) is 9.68. The van der Waals surface area contributed by atoms with E-state index in [1.807, 2.05) is 26.0 Å². The zero-order chi connectivity index (χ0) is 23.6. The van der Waals surface area contributed by atoms with Gasteiger partial charge in [0.15, 0.2) is 11.5 Å². The number of amides is 2. The van der Waals surface area contributed by atoms with Crippen LogP contribution in [-0.4, -0.2) is 77.3 Å². The molecule has 2 saturated heterocycles. The van der Waals surface area contributed by atoms with Crippen LogP contribution in [0.15, 0.2) is 18.2 Å². The van der Waals surface area contributed by atoms with E-state index in [1.165, 1.54) is 0 Å². The van der Waals surface area contributed by atoms with Crippen LogP contribution in [0.4, 0.5) is 0 Å². The lowest BCUT2D eigenvalue weighted by atomic mass is 9.80. The average molecular weight is 496 g/mol. The van der Waals surface area contributed by atoms with Crippen molar-refractivity contribution in [3.63, 3.8) is 0 Å². The Morgan fingerprint density at radius 1 is 1.15 bits per heavy atom. The normalized spacial score (nSPS) is 23.0. The first-order valence-corrected chi connectivity index (χ1v) is 12.3. The van der Waals surface area contributed by atoms with Crippen molar-refractivity contribution in [3.8, 4) is 11.5 Å². The number of aliphatic hydroxyl groups is 1. The van der Waals surface area contributed by atoms with Crippen molar-refractivity contribution in [1.82, 2.24) is 15.1 Å². The lowest BCUT2D eigenvalue weighted by molar-refractivity contribution is -0.165. The molecule has 0 radical (unpaired) electrons. The molecule has 1 aromatic carbocycles. The number of rotatable bonds is 7. The number of piperidine rings is 1. The van der Waals surface area contributed by atoms with Gasteiger partial charge in [-0.05, 0) is 42.9 Å². The number of nitrogens with zero attached hydrogens (tertiary/aromatic N) is 2. The van der Waals surface area contributed by atoms with E-state index in [-0.39, 0.29) is 30.1 Å². The van der Waals surface area contributed by atoms with Crippen molar-refractivity contribution >= 4 is 24.2 Å². The number of hydrogen-bond acceptors (Lipinski definition) is 6. The zero-order valence-electron chi connectivity index (χ0n) is 20.4. The number of unbranched alkanes of at least 4 members (excludes halogenated alkanes) is 1. The van der Waals surface area contributed by atoms with Gasteiger partial charge in [0.1, 0.15) is 24.8 Å². The molecule has 0 unspecified atom stereocenters. The molecule has 3 aliphatic heterocycles. The third-order valence-electron chi connectivity index (χ3n) is 7.21. The highest BCUT2D eigenvalue weighted by atomic mass is 35.5. The van der Waals surface area contributed by atoms with Gasteiger partial charge >= 0.3 is 0 Å². The van der Waals surface area contributed by atoms with Crippen LogP contribution < -0.4 is 14.8 Å². The third-order valence-corrected chi connectivity index (χ3v) is 7.21. The van der Waals surface area contributed by atoms with Crippen LogP contribution in [-0.2, 0) is 16.1 Å². The summed E-state index contributed by atoms with van der Waals surface area (Å²) in [5.74, 6) is 1.18. The second-order valence-electron chi connectivity index (χ2n) is 9.81. The second kappa shape index (κ2) is 11.1. The summed E-state index contributed by atoms with van der Waals surface area (Å²) < 4.78 is 11.3. The van der Waals surface area contributed by atoms with Crippen molar-refractivity contribution in [1.29, 1.82) is 0 Å². The average Bonchev–Trinajstić information content (AvgIpc) is 2.82. The Hall–Kier alpha value is -2.03. The minimum Gasteiger partial charge on any atom is -0.486 e. The Morgan fingerprint density at radius 3 is 2.47 bits per heavy atom. The number of likely N-dealkylation sites (tertiary alicyclic amines) is 1. The summed E-state index contributed by atoms with van der Waals surface area (Å²) in [5.41, 5.74) is 0.310. The van der Waals surface area contributed by atoms with Gasteiger partial charge in [0.2, 0.25) is 11.8 Å². The number of aliphatic hydroxyl groups excluding tert-OH is 1. The van der Waals surface area contributed by atoms with Crippen molar-refractivity contribution in [2.45, 2.75) is 70.7 Å². The lowest BCUT2D eigenvalue weighted by Gasteiger charge is -2.52. The number of ether oxygens (including phenoxy) is 2. The fourth-order valence-electron chi connectivity index (χ4n) is 5.12. The van der Waals surface area contributed by atoms with E-state index in [0.717, 1.165) is 49.5 Å². The van der Waals surface area contributed by atoms with Crippen LogP contribution in [0.1, 0.15) is 52.0 Å². The number of fused-ring (bicyclic) bond motifs is 1. The van der Waals surface area contributed by atoms with E-state index in [4.69, 9.17) is 9.47 Å². The first kappa shape index (κ1) is 26.6. The number of carbonyl (C=O) groups excluding carboxylic acids is 2. The summed E-state index contributed by atoms with van der Waals surface area (Å²) in [5, 5.41) is 13.5. The highest BCUT2D eigenvalue weighted by Crippen LogP contribution is 2.36. The molecule has 1 aromatic rings. The summed E-state index contributed by atoms with van der Waals surface area (Å²) in [6.07, 6.45) is 2.06. The van der Waals surface area contributed by atoms with E-state index in [1.54, 1.807) is 4.90 Å². The minimum atomic E-state index is -0.891. The number of carbonyl (C=O) groups is 2. The maximum atomic E-state index is 13.4. The number of halogens is 1. The molecule has 2 amide bonds.